The second-order valence-electron chi connectivity index (χ2n) is 6.05. The average molecular weight is 340 g/mol. The number of rotatable bonds is 7. The first-order valence-corrected chi connectivity index (χ1v) is 7.73. The minimum atomic E-state index is -1.15. The van der Waals surface area contributed by atoms with Crippen LogP contribution in [-0.4, -0.2) is 29.7 Å². The number of nitrogens with one attached hydrogen (secondary N) is 1. The molecule has 0 bridgehead atoms. The topological polar surface area (TPSA) is 98.5 Å². The zero-order valence-electron chi connectivity index (χ0n) is 14.1. The van der Waals surface area contributed by atoms with Gasteiger partial charge in [-0.25, -0.2) is 0 Å². The Morgan fingerprint density at radius 3 is 2.08 bits per heavy atom. The molecular weight excluding hydrogens is 320 g/mol. The minimum Gasteiger partial charge on any atom is -0.484 e. The molecule has 2 rings (SSSR count). The summed E-state index contributed by atoms with van der Waals surface area (Å²) in [5.41, 5.74) is 5.17. The van der Waals surface area contributed by atoms with Crippen molar-refractivity contribution in [2.75, 3.05) is 6.61 Å². The average Bonchev–Trinajstić information content (AvgIpc) is 2.60. The highest BCUT2D eigenvalue weighted by Crippen LogP contribution is 2.15. The molecule has 0 heterocycles. The molecule has 6 nitrogen and oxygen atoms in total. The summed E-state index contributed by atoms with van der Waals surface area (Å²) in [6, 6.07) is 15.4. The van der Waals surface area contributed by atoms with Crippen LogP contribution in [0.5, 0.6) is 5.75 Å². The number of carbonyl (C=O) groups is 3. The van der Waals surface area contributed by atoms with Crippen molar-refractivity contribution in [1.29, 1.82) is 0 Å². The normalized spacial score (nSPS) is 10.8. The number of hydrogen-bond acceptors (Lipinski definition) is 4. The van der Waals surface area contributed by atoms with Gasteiger partial charge in [0.25, 0.3) is 5.91 Å². The Kier molecular flexibility index (Phi) is 5.54. The first-order valence-electron chi connectivity index (χ1n) is 7.73. The van der Waals surface area contributed by atoms with E-state index >= 15 is 0 Å². The Bertz CT molecular complexity index is 768. The predicted molar refractivity (Wildman–Crippen MR) is 93.2 cm³/mol. The van der Waals surface area contributed by atoms with Crippen molar-refractivity contribution in [3.05, 3.63) is 65.7 Å². The van der Waals surface area contributed by atoms with Crippen LogP contribution in [0.25, 0.3) is 0 Å². The van der Waals surface area contributed by atoms with Gasteiger partial charge in [0.2, 0.25) is 5.91 Å². The highest BCUT2D eigenvalue weighted by Gasteiger charge is 2.26. The lowest BCUT2D eigenvalue weighted by Crippen LogP contribution is -2.54. The molecule has 0 aliphatic rings. The lowest BCUT2D eigenvalue weighted by atomic mass is 10.0. The summed E-state index contributed by atoms with van der Waals surface area (Å²) in [7, 11) is 0. The number of primary amides is 1. The third-order valence-corrected chi connectivity index (χ3v) is 3.59. The molecule has 0 saturated carbocycles. The lowest BCUT2D eigenvalue weighted by Gasteiger charge is -2.22. The first-order chi connectivity index (χ1) is 11.8. The fourth-order valence-corrected chi connectivity index (χ4v) is 2.05. The highest BCUT2D eigenvalue weighted by atomic mass is 16.5. The Morgan fingerprint density at radius 2 is 1.52 bits per heavy atom. The molecule has 2 aromatic rings. The summed E-state index contributed by atoms with van der Waals surface area (Å²) in [4.78, 5) is 35.3. The Hall–Kier alpha value is -3.15. The van der Waals surface area contributed by atoms with Gasteiger partial charge >= 0.3 is 0 Å². The Labute approximate surface area is 146 Å². The minimum absolute atomic E-state index is 0.0897. The van der Waals surface area contributed by atoms with Crippen molar-refractivity contribution in [2.45, 2.75) is 19.4 Å². The second-order valence-corrected chi connectivity index (χ2v) is 6.05. The van der Waals surface area contributed by atoms with E-state index < -0.39 is 17.4 Å². The molecule has 3 N–H and O–H groups in total. The molecule has 6 heteroatoms. The maximum atomic E-state index is 12.3. The largest absolute Gasteiger partial charge is 0.484 e. The van der Waals surface area contributed by atoms with E-state index in [1.165, 1.54) is 13.8 Å². The monoisotopic (exact) mass is 340 g/mol. The summed E-state index contributed by atoms with van der Waals surface area (Å²) in [5.74, 6) is -0.748. The SMILES string of the molecule is CC(C)(NC(=O)COc1ccc(C(=O)c2ccccc2)cc1)C(N)=O. The number of carbonyl (C=O) groups excluding carboxylic acids is 3. The second kappa shape index (κ2) is 7.61. The van der Waals surface area contributed by atoms with E-state index in [0.29, 0.717) is 16.9 Å². The van der Waals surface area contributed by atoms with Crippen LogP contribution in [0.2, 0.25) is 0 Å². The first kappa shape index (κ1) is 18.2. The zero-order chi connectivity index (χ0) is 18.4. The van der Waals surface area contributed by atoms with E-state index in [9.17, 15) is 14.4 Å². The van der Waals surface area contributed by atoms with Crippen LogP contribution in [0.3, 0.4) is 0 Å². The molecule has 2 amide bonds. The summed E-state index contributed by atoms with van der Waals surface area (Å²) in [6.45, 7) is 2.76. The molecule has 0 unspecified atom stereocenters. The van der Waals surface area contributed by atoms with E-state index in [1.807, 2.05) is 6.07 Å². The van der Waals surface area contributed by atoms with Gasteiger partial charge < -0.3 is 15.8 Å². The standard InChI is InChI=1S/C19H20N2O4/c1-19(2,18(20)24)21-16(22)12-25-15-10-8-14(9-11-15)17(23)13-6-4-3-5-7-13/h3-11H,12H2,1-2H3,(H2,20,24)(H,21,22). The van der Waals surface area contributed by atoms with Crippen molar-refractivity contribution in [3.63, 3.8) is 0 Å². The number of ketones is 1. The predicted octanol–water partition coefficient (Wildman–Crippen LogP) is 1.68. The smallest absolute Gasteiger partial charge is 0.258 e. The van der Waals surface area contributed by atoms with Gasteiger partial charge in [-0.05, 0) is 38.1 Å². The number of hydrogen-bond donors (Lipinski definition) is 2. The molecule has 0 saturated heterocycles. The number of amides is 2. The van der Waals surface area contributed by atoms with Crippen LogP contribution in [0.15, 0.2) is 54.6 Å². The van der Waals surface area contributed by atoms with E-state index in [0.717, 1.165) is 0 Å². The molecule has 25 heavy (non-hydrogen) atoms. The van der Waals surface area contributed by atoms with Gasteiger partial charge in [0.1, 0.15) is 11.3 Å². The number of nitrogens with two attached hydrogens (primary N) is 1. The zero-order valence-corrected chi connectivity index (χ0v) is 14.1. The quantitative estimate of drug-likeness (QED) is 0.749. The molecule has 0 spiro atoms. The van der Waals surface area contributed by atoms with Crippen LogP contribution in [0, 0.1) is 0 Å². The van der Waals surface area contributed by atoms with Gasteiger partial charge in [-0.15, -0.1) is 0 Å². The van der Waals surface area contributed by atoms with Crippen LogP contribution >= 0.6 is 0 Å². The van der Waals surface area contributed by atoms with E-state index in [1.54, 1.807) is 48.5 Å². The molecular formula is C19H20N2O4. The van der Waals surface area contributed by atoms with Crippen molar-refractivity contribution < 1.29 is 19.1 Å². The summed E-state index contributed by atoms with van der Waals surface area (Å²) in [6.07, 6.45) is 0. The fraction of sp³-hybridized carbons (Fsp3) is 0.211. The van der Waals surface area contributed by atoms with Gasteiger partial charge in [-0.3, -0.25) is 14.4 Å². The Balaban J connectivity index is 1.94. The molecule has 2 aromatic carbocycles. The maximum absolute atomic E-state index is 12.3. The fourth-order valence-electron chi connectivity index (χ4n) is 2.05. The third-order valence-electron chi connectivity index (χ3n) is 3.59. The lowest BCUT2D eigenvalue weighted by molar-refractivity contribution is -0.131. The van der Waals surface area contributed by atoms with Crippen molar-refractivity contribution in [3.8, 4) is 5.75 Å². The summed E-state index contributed by atoms with van der Waals surface area (Å²) < 4.78 is 5.36. The molecule has 0 aliphatic carbocycles. The van der Waals surface area contributed by atoms with E-state index in [4.69, 9.17) is 10.5 Å². The summed E-state index contributed by atoms with van der Waals surface area (Å²) >= 11 is 0. The van der Waals surface area contributed by atoms with E-state index in [-0.39, 0.29) is 12.4 Å². The van der Waals surface area contributed by atoms with Crippen molar-refractivity contribution in [2.24, 2.45) is 5.73 Å². The van der Waals surface area contributed by atoms with Gasteiger partial charge in [0.05, 0.1) is 0 Å². The van der Waals surface area contributed by atoms with Crippen LogP contribution in [0.1, 0.15) is 29.8 Å². The molecule has 0 fully saturated rings. The van der Waals surface area contributed by atoms with Crippen LogP contribution < -0.4 is 15.8 Å². The highest BCUT2D eigenvalue weighted by molar-refractivity contribution is 6.09. The van der Waals surface area contributed by atoms with Gasteiger partial charge in [-0.2, -0.15) is 0 Å². The van der Waals surface area contributed by atoms with Crippen LogP contribution in [0.4, 0.5) is 0 Å². The van der Waals surface area contributed by atoms with E-state index in [2.05, 4.69) is 5.32 Å². The maximum Gasteiger partial charge on any atom is 0.258 e. The van der Waals surface area contributed by atoms with Crippen molar-refractivity contribution >= 4 is 17.6 Å². The summed E-state index contributed by atoms with van der Waals surface area (Å²) in [5, 5.41) is 2.48. The van der Waals surface area contributed by atoms with Gasteiger partial charge in [0.15, 0.2) is 12.4 Å². The molecule has 0 aromatic heterocycles. The molecule has 0 atom stereocenters. The Morgan fingerprint density at radius 1 is 0.960 bits per heavy atom. The number of benzene rings is 2. The van der Waals surface area contributed by atoms with Crippen LogP contribution in [-0.2, 0) is 9.59 Å². The van der Waals surface area contributed by atoms with Crippen molar-refractivity contribution in [1.82, 2.24) is 5.32 Å². The van der Waals surface area contributed by atoms with Gasteiger partial charge in [0, 0.05) is 11.1 Å². The van der Waals surface area contributed by atoms with Gasteiger partial charge in [-0.1, -0.05) is 30.3 Å². The molecule has 0 radical (unpaired) electrons. The molecule has 130 valence electrons. The number of ether oxygens (including phenoxy) is 1. The molecule has 0 aliphatic heterocycles. The third kappa shape index (κ3) is 4.91.